The first kappa shape index (κ1) is 14.3. The molecule has 0 aromatic rings. The molecule has 0 amide bonds. The predicted octanol–water partition coefficient (Wildman–Crippen LogP) is 1.78. The SMILES string of the molecule is CC1CN(C2(CN)CCC(C)(C)C2)CC1N(C)C. The fraction of sp³-hybridized carbons (Fsp3) is 1.00. The highest BCUT2D eigenvalue weighted by Gasteiger charge is 2.49. The molecule has 2 N–H and O–H groups in total. The van der Waals surface area contributed by atoms with E-state index >= 15 is 0 Å². The van der Waals surface area contributed by atoms with E-state index in [4.69, 9.17) is 5.73 Å². The van der Waals surface area contributed by atoms with Gasteiger partial charge in [0.15, 0.2) is 0 Å². The third-order valence-electron chi connectivity index (χ3n) is 5.36. The van der Waals surface area contributed by atoms with Crippen molar-refractivity contribution in [2.75, 3.05) is 33.7 Å². The van der Waals surface area contributed by atoms with Gasteiger partial charge in [0.25, 0.3) is 0 Å². The van der Waals surface area contributed by atoms with E-state index in [1.165, 1.54) is 32.4 Å². The number of nitrogens with zero attached hydrogens (tertiary/aromatic N) is 2. The monoisotopic (exact) mass is 253 g/mol. The molecule has 0 bridgehead atoms. The molecule has 0 radical (unpaired) electrons. The normalized spacial score (nSPS) is 40.8. The topological polar surface area (TPSA) is 32.5 Å². The maximum absolute atomic E-state index is 6.18. The molecule has 1 saturated heterocycles. The minimum Gasteiger partial charge on any atom is -0.329 e. The molecule has 106 valence electrons. The van der Waals surface area contributed by atoms with Gasteiger partial charge in [0.2, 0.25) is 0 Å². The third-order valence-corrected chi connectivity index (χ3v) is 5.36. The van der Waals surface area contributed by atoms with Crippen LogP contribution < -0.4 is 5.73 Å². The van der Waals surface area contributed by atoms with Crippen molar-refractivity contribution >= 4 is 0 Å². The van der Waals surface area contributed by atoms with Crippen LogP contribution in [0.2, 0.25) is 0 Å². The smallest absolute Gasteiger partial charge is 0.0337 e. The molecule has 2 fully saturated rings. The van der Waals surface area contributed by atoms with Gasteiger partial charge < -0.3 is 10.6 Å². The van der Waals surface area contributed by atoms with Crippen LogP contribution in [0.25, 0.3) is 0 Å². The number of hydrogen-bond donors (Lipinski definition) is 1. The van der Waals surface area contributed by atoms with Crippen molar-refractivity contribution in [3.63, 3.8) is 0 Å². The van der Waals surface area contributed by atoms with Crippen molar-refractivity contribution in [2.24, 2.45) is 17.1 Å². The van der Waals surface area contributed by atoms with Gasteiger partial charge in [-0.1, -0.05) is 20.8 Å². The second-order valence-corrected chi connectivity index (χ2v) is 7.68. The molecule has 1 heterocycles. The van der Waals surface area contributed by atoms with E-state index < -0.39 is 0 Å². The fourth-order valence-electron chi connectivity index (χ4n) is 4.22. The van der Waals surface area contributed by atoms with E-state index in [-0.39, 0.29) is 5.54 Å². The summed E-state index contributed by atoms with van der Waals surface area (Å²) in [5.74, 6) is 0.757. The van der Waals surface area contributed by atoms with Crippen molar-refractivity contribution in [1.29, 1.82) is 0 Å². The van der Waals surface area contributed by atoms with Crippen molar-refractivity contribution in [1.82, 2.24) is 9.80 Å². The largest absolute Gasteiger partial charge is 0.329 e. The van der Waals surface area contributed by atoms with Crippen LogP contribution in [0.5, 0.6) is 0 Å². The molecule has 3 heteroatoms. The summed E-state index contributed by atoms with van der Waals surface area (Å²) in [6.07, 6.45) is 3.87. The zero-order chi connectivity index (χ0) is 13.6. The van der Waals surface area contributed by atoms with Crippen LogP contribution in [-0.2, 0) is 0 Å². The minimum absolute atomic E-state index is 0.280. The van der Waals surface area contributed by atoms with Crippen LogP contribution in [0, 0.1) is 11.3 Å². The van der Waals surface area contributed by atoms with Gasteiger partial charge in [-0.3, -0.25) is 4.90 Å². The van der Waals surface area contributed by atoms with E-state index in [0.717, 1.165) is 12.5 Å². The summed E-state index contributed by atoms with van der Waals surface area (Å²) in [6.45, 7) is 10.4. The quantitative estimate of drug-likeness (QED) is 0.832. The van der Waals surface area contributed by atoms with Crippen LogP contribution in [-0.4, -0.2) is 55.1 Å². The van der Waals surface area contributed by atoms with Gasteiger partial charge in [0, 0.05) is 31.2 Å². The minimum atomic E-state index is 0.280. The van der Waals surface area contributed by atoms with Crippen molar-refractivity contribution in [2.45, 2.75) is 51.6 Å². The van der Waals surface area contributed by atoms with E-state index in [9.17, 15) is 0 Å². The fourth-order valence-corrected chi connectivity index (χ4v) is 4.22. The Balaban J connectivity index is 2.12. The molecule has 0 aromatic heterocycles. The third kappa shape index (κ3) is 2.45. The lowest BCUT2D eigenvalue weighted by atomic mass is 9.87. The molecule has 3 nitrogen and oxygen atoms in total. The molecule has 0 aromatic carbocycles. The number of rotatable bonds is 3. The van der Waals surface area contributed by atoms with Gasteiger partial charge >= 0.3 is 0 Å². The van der Waals surface area contributed by atoms with Gasteiger partial charge in [-0.15, -0.1) is 0 Å². The highest BCUT2D eigenvalue weighted by molar-refractivity contribution is 5.05. The summed E-state index contributed by atoms with van der Waals surface area (Å²) in [6, 6.07) is 0.692. The zero-order valence-corrected chi connectivity index (χ0v) is 12.9. The molecule has 3 unspecified atom stereocenters. The van der Waals surface area contributed by atoms with E-state index in [0.29, 0.717) is 11.5 Å². The highest BCUT2D eigenvalue weighted by atomic mass is 15.3. The number of likely N-dealkylation sites (tertiary alicyclic amines) is 1. The van der Waals surface area contributed by atoms with Crippen LogP contribution in [0.1, 0.15) is 40.0 Å². The van der Waals surface area contributed by atoms with Gasteiger partial charge in [0.05, 0.1) is 0 Å². The second-order valence-electron chi connectivity index (χ2n) is 7.68. The maximum Gasteiger partial charge on any atom is 0.0337 e. The summed E-state index contributed by atoms with van der Waals surface area (Å²) < 4.78 is 0. The average Bonchev–Trinajstić information content (AvgIpc) is 2.80. The Hall–Kier alpha value is -0.120. The summed E-state index contributed by atoms with van der Waals surface area (Å²) in [4.78, 5) is 5.09. The Kier molecular flexibility index (Phi) is 3.79. The van der Waals surface area contributed by atoms with Gasteiger partial charge in [-0.2, -0.15) is 0 Å². The van der Waals surface area contributed by atoms with Gasteiger partial charge in [-0.05, 0) is 44.7 Å². The van der Waals surface area contributed by atoms with Crippen LogP contribution in [0.4, 0.5) is 0 Å². The summed E-state index contributed by atoms with van der Waals surface area (Å²) >= 11 is 0. The molecule has 18 heavy (non-hydrogen) atoms. The molecule has 1 aliphatic carbocycles. The Bertz CT molecular complexity index is 300. The number of hydrogen-bond acceptors (Lipinski definition) is 3. The lowest BCUT2D eigenvalue weighted by Gasteiger charge is -2.39. The van der Waals surface area contributed by atoms with Crippen LogP contribution in [0.15, 0.2) is 0 Å². The molecule has 2 rings (SSSR count). The highest BCUT2D eigenvalue weighted by Crippen LogP contribution is 2.47. The van der Waals surface area contributed by atoms with Gasteiger partial charge in [-0.25, -0.2) is 0 Å². The Morgan fingerprint density at radius 2 is 1.89 bits per heavy atom. The molecule has 0 spiro atoms. The molecule has 1 saturated carbocycles. The maximum atomic E-state index is 6.18. The lowest BCUT2D eigenvalue weighted by Crippen LogP contribution is -2.52. The van der Waals surface area contributed by atoms with Crippen LogP contribution in [0.3, 0.4) is 0 Å². The first-order valence-electron chi connectivity index (χ1n) is 7.41. The lowest BCUT2D eigenvalue weighted by molar-refractivity contribution is 0.107. The molecular formula is C15H31N3. The first-order valence-corrected chi connectivity index (χ1v) is 7.41. The molecular weight excluding hydrogens is 222 g/mol. The van der Waals surface area contributed by atoms with Crippen molar-refractivity contribution in [3.8, 4) is 0 Å². The van der Waals surface area contributed by atoms with E-state index in [1.54, 1.807) is 0 Å². The molecule has 1 aliphatic heterocycles. The zero-order valence-electron chi connectivity index (χ0n) is 12.9. The van der Waals surface area contributed by atoms with Crippen molar-refractivity contribution < 1.29 is 0 Å². The summed E-state index contributed by atoms with van der Waals surface area (Å²) in [5, 5.41) is 0. The van der Waals surface area contributed by atoms with Gasteiger partial charge in [0.1, 0.15) is 0 Å². The summed E-state index contributed by atoms with van der Waals surface area (Å²) in [5.41, 5.74) is 6.93. The summed E-state index contributed by atoms with van der Waals surface area (Å²) in [7, 11) is 4.41. The number of nitrogens with two attached hydrogens (primary N) is 1. The van der Waals surface area contributed by atoms with E-state index in [1.807, 2.05) is 0 Å². The van der Waals surface area contributed by atoms with E-state index in [2.05, 4.69) is 44.7 Å². The average molecular weight is 253 g/mol. The van der Waals surface area contributed by atoms with Crippen LogP contribution >= 0.6 is 0 Å². The Morgan fingerprint density at radius 1 is 1.22 bits per heavy atom. The first-order chi connectivity index (χ1) is 8.30. The standard InChI is InChI=1S/C15H31N3/c1-12-8-18(9-13(12)17(4)5)15(11-16)7-6-14(2,3)10-15/h12-13H,6-11,16H2,1-5H3. The Morgan fingerprint density at radius 3 is 2.28 bits per heavy atom. The Labute approximate surface area is 113 Å². The molecule has 2 aliphatic rings. The number of likely N-dealkylation sites (N-methyl/N-ethyl adjacent to an activating group) is 1. The second kappa shape index (κ2) is 4.77. The van der Waals surface area contributed by atoms with Crippen molar-refractivity contribution in [3.05, 3.63) is 0 Å². The predicted molar refractivity (Wildman–Crippen MR) is 77.6 cm³/mol. The molecule has 3 atom stereocenters.